The van der Waals surface area contributed by atoms with Crippen molar-refractivity contribution >= 4 is 17.3 Å². The van der Waals surface area contributed by atoms with Crippen LogP contribution < -0.4 is 0 Å². The molecule has 82 valence electrons. The van der Waals surface area contributed by atoms with Crippen molar-refractivity contribution in [2.45, 2.75) is 13.3 Å². The predicted octanol–water partition coefficient (Wildman–Crippen LogP) is 3.68. The maximum atomic E-state index is 10.8. The second-order valence-electron chi connectivity index (χ2n) is 3.48. The summed E-state index contributed by atoms with van der Waals surface area (Å²) >= 11 is 1.32. The fourth-order valence-corrected chi connectivity index (χ4v) is 2.57. The fraction of sp³-hybridized carbons (Fsp3) is 0.154. The monoisotopic (exact) mass is 232 g/mol. The van der Waals surface area contributed by atoms with Crippen LogP contribution in [0.2, 0.25) is 0 Å². The van der Waals surface area contributed by atoms with Crippen LogP contribution in [0.15, 0.2) is 36.4 Å². The summed E-state index contributed by atoms with van der Waals surface area (Å²) in [5, 5.41) is 8.88. The molecule has 16 heavy (non-hydrogen) atoms. The summed E-state index contributed by atoms with van der Waals surface area (Å²) in [4.78, 5) is 12.2. The zero-order chi connectivity index (χ0) is 11.5. The molecule has 1 aromatic heterocycles. The number of aromatic carboxylic acids is 1. The molecule has 0 bridgehead atoms. The lowest BCUT2D eigenvalue weighted by Crippen LogP contribution is -1.89. The van der Waals surface area contributed by atoms with E-state index in [1.807, 2.05) is 24.3 Å². The highest BCUT2D eigenvalue weighted by atomic mass is 32.1. The maximum Gasteiger partial charge on any atom is 0.345 e. The SMILES string of the molecule is CCc1ccccc1-c1ccc(C(=O)O)s1. The third kappa shape index (κ3) is 1.99. The molecule has 0 radical (unpaired) electrons. The Kier molecular flexibility index (Phi) is 3.06. The minimum absolute atomic E-state index is 0.390. The predicted molar refractivity (Wildman–Crippen MR) is 66.1 cm³/mol. The van der Waals surface area contributed by atoms with Crippen LogP contribution >= 0.6 is 11.3 Å². The van der Waals surface area contributed by atoms with E-state index in [4.69, 9.17) is 5.11 Å². The van der Waals surface area contributed by atoms with Gasteiger partial charge in [0.1, 0.15) is 4.88 Å². The van der Waals surface area contributed by atoms with Gasteiger partial charge in [0, 0.05) is 4.88 Å². The van der Waals surface area contributed by atoms with E-state index in [0.717, 1.165) is 16.9 Å². The van der Waals surface area contributed by atoms with Crippen LogP contribution in [0, 0.1) is 0 Å². The molecule has 2 nitrogen and oxygen atoms in total. The zero-order valence-corrected chi connectivity index (χ0v) is 9.75. The molecule has 0 aliphatic rings. The first-order chi connectivity index (χ1) is 7.72. The van der Waals surface area contributed by atoms with Gasteiger partial charge < -0.3 is 5.11 Å². The molecule has 3 heteroatoms. The first-order valence-corrected chi connectivity index (χ1v) is 5.95. The van der Waals surface area contributed by atoms with Gasteiger partial charge in [-0.15, -0.1) is 11.3 Å². The highest BCUT2D eigenvalue weighted by Gasteiger charge is 2.10. The number of rotatable bonds is 3. The average Bonchev–Trinajstić information content (AvgIpc) is 2.78. The Bertz CT molecular complexity index is 514. The molecule has 0 saturated heterocycles. The lowest BCUT2D eigenvalue weighted by molar-refractivity contribution is 0.0702. The summed E-state index contributed by atoms with van der Waals surface area (Å²) in [5.41, 5.74) is 2.39. The molecule has 2 rings (SSSR count). The van der Waals surface area contributed by atoms with Gasteiger partial charge in [-0.3, -0.25) is 0 Å². The van der Waals surface area contributed by atoms with E-state index in [0.29, 0.717) is 4.88 Å². The Hall–Kier alpha value is -1.61. The molecule has 2 aromatic rings. The first-order valence-electron chi connectivity index (χ1n) is 5.13. The second kappa shape index (κ2) is 4.49. The number of carboxylic acids is 1. The van der Waals surface area contributed by atoms with Crippen molar-refractivity contribution in [3.63, 3.8) is 0 Å². The molecule has 0 aliphatic heterocycles. The van der Waals surface area contributed by atoms with Gasteiger partial charge in [-0.25, -0.2) is 4.79 Å². The molecule has 0 fully saturated rings. The van der Waals surface area contributed by atoms with Gasteiger partial charge in [-0.1, -0.05) is 31.2 Å². The van der Waals surface area contributed by atoms with Crippen LogP contribution in [-0.2, 0) is 6.42 Å². The third-order valence-corrected chi connectivity index (χ3v) is 3.59. The zero-order valence-electron chi connectivity index (χ0n) is 8.93. The standard InChI is InChI=1S/C13H12O2S/c1-2-9-5-3-4-6-10(9)11-7-8-12(16-11)13(14)15/h3-8H,2H2,1H3,(H,14,15). The van der Waals surface area contributed by atoms with E-state index in [-0.39, 0.29) is 0 Å². The Morgan fingerprint density at radius 3 is 2.62 bits per heavy atom. The van der Waals surface area contributed by atoms with Crippen LogP contribution in [0.1, 0.15) is 22.2 Å². The van der Waals surface area contributed by atoms with E-state index >= 15 is 0 Å². The lowest BCUT2D eigenvalue weighted by atomic mass is 10.0. The Morgan fingerprint density at radius 2 is 2.00 bits per heavy atom. The van der Waals surface area contributed by atoms with Crippen molar-refractivity contribution in [2.75, 3.05) is 0 Å². The van der Waals surface area contributed by atoms with Crippen LogP contribution in [0.4, 0.5) is 0 Å². The van der Waals surface area contributed by atoms with Crippen LogP contribution in [-0.4, -0.2) is 11.1 Å². The third-order valence-electron chi connectivity index (χ3n) is 2.48. The van der Waals surface area contributed by atoms with Crippen LogP contribution in [0.3, 0.4) is 0 Å². The number of hydrogen-bond acceptors (Lipinski definition) is 2. The molecule has 0 saturated carbocycles. The van der Waals surface area contributed by atoms with Gasteiger partial charge in [0.05, 0.1) is 0 Å². The molecular weight excluding hydrogens is 220 g/mol. The molecule has 1 N–H and O–H groups in total. The van der Waals surface area contributed by atoms with E-state index in [2.05, 4.69) is 13.0 Å². The van der Waals surface area contributed by atoms with E-state index in [1.54, 1.807) is 6.07 Å². The molecule has 1 heterocycles. The van der Waals surface area contributed by atoms with Crippen molar-refractivity contribution in [3.8, 4) is 10.4 Å². The number of thiophene rings is 1. The summed E-state index contributed by atoms with van der Waals surface area (Å²) in [5.74, 6) is -0.856. The van der Waals surface area contributed by atoms with E-state index in [1.165, 1.54) is 16.9 Å². The smallest absolute Gasteiger partial charge is 0.345 e. The van der Waals surface area contributed by atoms with Crippen molar-refractivity contribution in [1.29, 1.82) is 0 Å². The first kappa shape index (κ1) is 10.9. The molecule has 0 unspecified atom stereocenters. The topological polar surface area (TPSA) is 37.3 Å². The summed E-state index contributed by atoms with van der Waals surface area (Å²) < 4.78 is 0. The number of carbonyl (C=O) groups is 1. The maximum absolute atomic E-state index is 10.8. The van der Waals surface area contributed by atoms with Crippen molar-refractivity contribution in [2.24, 2.45) is 0 Å². The number of benzene rings is 1. The largest absolute Gasteiger partial charge is 0.477 e. The van der Waals surface area contributed by atoms with Gasteiger partial charge in [-0.2, -0.15) is 0 Å². The second-order valence-corrected chi connectivity index (χ2v) is 4.56. The Labute approximate surface area is 98.2 Å². The Balaban J connectivity index is 2.46. The summed E-state index contributed by atoms with van der Waals surface area (Å²) in [7, 11) is 0. The molecule has 1 aromatic carbocycles. The van der Waals surface area contributed by atoms with Gasteiger partial charge in [-0.05, 0) is 29.7 Å². The molecule has 0 atom stereocenters. The molecule has 0 amide bonds. The normalized spacial score (nSPS) is 10.3. The van der Waals surface area contributed by atoms with Gasteiger partial charge >= 0.3 is 5.97 Å². The summed E-state index contributed by atoms with van der Waals surface area (Å²) in [6.45, 7) is 2.10. The molecule has 0 aliphatic carbocycles. The van der Waals surface area contributed by atoms with Crippen molar-refractivity contribution in [1.82, 2.24) is 0 Å². The van der Waals surface area contributed by atoms with Crippen molar-refractivity contribution < 1.29 is 9.90 Å². The van der Waals surface area contributed by atoms with Gasteiger partial charge in [0.15, 0.2) is 0 Å². The van der Waals surface area contributed by atoms with Crippen LogP contribution in [0.5, 0.6) is 0 Å². The minimum Gasteiger partial charge on any atom is -0.477 e. The Morgan fingerprint density at radius 1 is 1.25 bits per heavy atom. The average molecular weight is 232 g/mol. The fourth-order valence-electron chi connectivity index (χ4n) is 1.67. The van der Waals surface area contributed by atoms with E-state index < -0.39 is 5.97 Å². The molecular formula is C13H12O2S. The minimum atomic E-state index is -0.856. The highest BCUT2D eigenvalue weighted by molar-refractivity contribution is 7.17. The number of hydrogen-bond donors (Lipinski definition) is 1. The van der Waals surface area contributed by atoms with E-state index in [9.17, 15) is 4.79 Å². The highest BCUT2D eigenvalue weighted by Crippen LogP contribution is 2.30. The summed E-state index contributed by atoms with van der Waals surface area (Å²) in [6.07, 6.45) is 0.955. The number of carboxylic acid groups (broad SMARTS) is 1. The van der Waals surface area contributed by atoms with Crippen LogP contribution in [0.25, 0.3) is 10.4 Å². The van der Waals surface area contributed by atoms with Gasteiger partial charge in [0.25, 0.3) is 0 Å². The summed E-state index contributed by atoms with van der Waals surface area (Å²) in [6, 6.07) is 11.6. The quantitative estimate of drug-likeness (QED) is 0.876. The van der Waals surface area contributed by atoms with Crippen molar-refractivity contribution in [3.05, 3.63) is 46.8 Å². The van der Waals surface area contributed by atoms with Gasteiger partial charge in [0.2, 0.25) is 0 Å². The number of aryl methyl sites for hydroxylation is 1. The molecule has 0 spiro atoms. The lowest BCUT2D eigenvalue weighted by Gasteiger charge is -2.04.